The second-order valence-electron chi connectivity index (χ2n) is 4.32. The fraction of sp³-hybridized carbons (Fsp3) is 0.417. The molecule has 1 aromatic carbocycles. The number of hydrogen-bond donors (Lipinski definition) is 2. The van der Waals surface area contributed by atoms with E-state index >= 15 is 0 Å². The average Bonchev–Trinajstić information content (AvgIpc) is 2.85. The van der Waals surface area contributed by atoms with Gasteiger partial charge < -0.3 is 10.6 Å². The summed E-state index contributed by atoms with van der Waals surface area (Å²) in [5.74, 6) is -4.55. The van der Waals surface area contributed by atoms with Crippen molar-refractivity contribution < 1.29 is 18.0 Å². The van der Waals surface area contributed by atoms with Crippen LogP contribution in [0.2, 0.25) is 0 Å². The molecule has 1 amide bonds. The lowest BCUT2D eigenvalue weighted by atomic mass is 10.1. The first-order valence-corrected chi connectivity index (χ1v) is 5.71. The van der Waals surface area contributed by atoms with E-state index in [0.717, 1.165) is 19.5 Å². The molecule has 1 aromatic rings. The largest absolute Gasteiger partial charge is 0.352 e. The fourth-order valence-corrected chi connectivity index (χ4v) is 1.91. The summed E-state index contributed by atoms with van der Waals surface area (Å²) < 4.78 is 38.6. The molecule has 98 valence electrons. The number of benzene rings is 1. The van der Waals surface area contributed by atoms with E-state index in [1.165, 1.54) is 0 Å². The number of carbonyl (C=O) groups is 1. The Kier molecular flexibility index (Phi) is 3.86. The summed E-state index contributed by atoms with van der Waals surface area (Å²) >= 11 is 0. The van der Waals surface area contributed by atoms with Gasteiger partial charge in [0.05, 0.1) is 0 Å². The molecular weight excluding hydrogens is 245 g/mol. The van der Waals surface area contributed by atoms with Crippen molar-refractivity contribution in [3.63, 3.8) is 0 Å². The van der Waals surface area contributed by atoms with Gasteiger partial charge in [-0.1, -0.05) is 0 Å². The summed E-state index contributed by atoms with van der Waals surface area (Å²) in [7, 11) is 0. The van der Waals surface area contributed by atoms with E-state index in [2.05, 4.69) is 10.6 Å². The Morgan fingerprint density at radius 1 is 1.33 bits per heavy atom. The van der Waals surface area contributed by atoms with Crippen LogP contribution in [-0.2, 0) is 0 Å². The van der Waals surface area contributed by atoms with Crippen LogP contribution >= 0.6 is 0 Å². The lowest BCUT2D eigenvalue weighted by Gasteiger charge is -2.10. The number of carbonyl (C=O) groups excluding carboxylic acids is 1. The standard InChI is InChI=1S/C12H13F3N2O/c13-9-3-8(4-10(14)11(9)15)12(18)17-6-7-1-2-16-5-7/h3-4,7,16H,1-2,5-6H2,(H,17,18). The Morgan fingerprint density at radius 2 is 2.00 bits per heavy atom. The summed E-state index contributed by atoms with van der Waals surface area (Å²) in [5, 5.41) is 5.72. The van der Waals surface area contributed by atoms with Gasteiger partial charge in [0.15, 0.2) is 17.5 Å². The Morgan fingerprint density at radius 3 is 2.56 bits per heavy atom. The smallest absolute Gasteiger partial charge is 0.251 e. The van der Waals surface area contributed by atoms with Gasteiger partial charge in [-0.25, -0.2) is 13.2 Å². The molecular formula is C12H13F3N2O. The fourth-order valence-electron chi connectivity index (χ4n) is 1.91. The molecule has 0 aromatic heterocycles. The van der Waals surface area contributed by atoms with Gasteiger partial charge in [0.1, 0.15) is 0 Å². The third kappa shape index (κ3) is 2.81. The molecule has 1 unspecified atom stereocenters. The third-order valence-electron chi connectivity index (χ3n) is 2.96. The molecule has 1 heterocycles. The van der Waals surface area contributed by atoms with Crippen LogP contribution in [0.25, 0.3) is 0 Å². The van der Waals surface area contributed by atoms with Crippen LogP contribution in [0.15, 0.2) is 12.1 Å². The second kappa shape index (κ2) is 5.39. The van der Waals surface area contributed by atoms with Crippen molar-refractivity contribution in [2.45, 2.75) is 6.42 Å². The summed E-state index contributed by atoms with van der Waals surface area (Å²) in [4.78, 5) is 11.6. The second-order valence-corrected chi connectivity index (χ2v) is 4.32. The van der Waals surface area contributed by atoms with Gasteiger partial charge in [0.25, 0.3) is 5.91 Å². The monoisotopic (exact) mass is 258 g/mol. The van der Waals surface area contributed by atoms with Crippen LogP contribution < -0.4 is 10.6 Å². The lowest BCUT2D eigenvalue weighted by Crippen LogP contribution is -2.30. The number of rotatable bonds is 3. The van der Waals surface area contributed by atoms with Crippen molar-refractivity contribution >= 4 is 5.91 Å². The molecule has 1 aliphatic heterocycles. The maximum Gasteiger partial charge on any atom is 0.251 e. The van der Waals surface area contributed by atoms with E-state index in [1.807, 2.05) is 0 Å². The van der Waals surface area contributed by atoms with Gasteiger partial charge in [-0.15, -0.1) is 0 Å². The molecule has 1 aliphatic rings. The number of amides is 1. The van der Waals surface area contributed by atoms with Crippen LogP contribution in [0.1, 0.15) is 16.8 Å². The number of halogens is 3. The summed E-state index contributed by atoms with van der Waals surface area (Å²) in [6.07, 6.45) is 0.951. The zero-order valence-corrected chi connectivity index (χ0v) is 9.60. The quantitative estimate of drug-likeness (QED) is 0.806. The summed E-state index contributed by atoms with van der Waals surface area (Å²) in [6.45, 7) is 2.15. The SMILES string of the molecule is O=C(NCC1CCNC1)c1cc(F)c(F)c(F)c1. The van der Waals surface area contributed by atoms with Gasteiger partial charge >= 0.3 is 0 Å². The molecule has 3 nitrogen and oxygen atoms in total. The van der Waals surface area contributed by atoms with Gasteiger partial charge in [0, 0.05) is 12.1 Å². The highest BCUT2D eigenvalue weighted by Gasteiger charge is 2.18. The van der Waals surface area contributed by atoms with Crippen molar-refractivity contribution in [2.75, 3.05) is 19.6 Å². The zero-order chi connectivity index (χ0) is 13.1. The molecule has 2 N–H and O–H groups in total. The topological polar surface area (TPSA) is 41.1 Å². The van der Waals surface area contributed by atoms with Crippen LogP contribution in [0, 0.1) is 23.4 Å². The highest BCUT2D eigenvalue weighted by molar-refractivity contribution is 5.94. The predicted molar refractivity (Wildman–Crippen MR) is 59.6 cm³/mol. The molecule has 1 atom stereocenters. The van der Waals surface area contributed by atoms with Gasteiger partial charge in [0.2, 0.25) is 0 Å². The Hall–Kier alpha value is -1.56. The zero-order valence-electron chi connectivity index (χ0n) is 9.60. The molecule has 1 fully saturated rings. The molecule has 0 saturated carbocycles. The first-order valence-electron chi connectivity index (χ1n) is 5.71. The minimum atomic E-state index is -1.56. The van der Waals surface area contributed by atoms with E-state index in [1.54, 1.807) is 0 Å². The molecule has 0 aliphatic carbocycles. The van der Waals surface area contributed by atoms with Crippen molar-refractivity contribution in [2.24, 2.45) is 5.92 Å². The Bertz CT molecular complexity index is 436. The molecule has 1 saturated heterocycles. The maximum absolute atomic E-state index is 12.9. The highest BCUT2D eigenvalue weighted by atomic mass is 19.2. The Balaban J connectivity index is 2.00. The van der Waals surface area contributed by atoms with Crippen molar-refractivity contribution in [3.8, 4) is 0 Å². The average molecular weight is 258 g/mol. The lowest BCUT2D eigenvalue weighted by molar-refractivity contribution is 0.0947. The van der Waals surface area contributed by atoms with E-state index < -0.39 is 23.4 Å². The van der Waals surface area contributed by atoms with Gasteiger partial charge in [-0.05, 0) is 37.6 Å². The minimum Gasteiger partial charge on any atom is -0.352 e. The van der Waals surface area contributed by atoms with Crippen molar-refractivity contribution in [3.05, 3.63) is 35.1 Å². The van der Waals surface area contributed by atoms with Gasteiger partial charge in [-0.2, -0.15) is 0 Å². The van der Waals surface area contributed by atoms with Crippen molar-refractivity contribution in [1.82, 2.24) is 10.6 Å². The Labute approximate surface area is 102 Å². The van der Waals surface area contributed by atoms with E-state index in [9.17, 15) is 18.0 Å². The minimum absolute atomic E-state index is 0.211. The summed E-state index contributed by atoms with van der Waals surface area (Å²) in [5.41, 5.74) is -0.211. The molecule has 0 bridgehead atoms. The van der Waals surface area contributed by atoms with E-state index in [-0.39, 0.29) is 5.56 Å². The van der Waals surface area contributed by atoms with Crippen LogP contribution in [0.5, 0.6) is 0 Å². The highest BCUT2D eigenvalue weighted by Crippen LogP contribution is 2.14. The van der Waals surface area contributed by atoms with Crippen LogP contribution in [0.3, 0.4) is 0 Å². The number of hydrogen-bond acceptors (Lipinski definition) is 2. The van der Waals surface area contributed by atoms with Crippen LogP contribution in [-0.4, -0.2) is 25.5 Å². The maximum atomic E-state index is 12.9. The first-order chi connectivity index (χ1) is 8.58. The van der Waals surface area contributed by atoms with Crippen LogP contribution in [0.4, 0.5) is 13.2 Å². The normalized spacial score (nSPS) is 18.9. The third-order valence-corrected chi connectivity index (χ3v) is 2.96. The molecule has 18 heavy (non-hydrogen) atoms. The molecule has 0 spiro atoms. The summed E-state index contributed by atoms with van der Waals surface area (Å²) in [6, 6.07) is 1.39. The molecule has 0 radical (unpaired) electrons. The molecule has 2 rings (SSSR count). The number of nitrogens with one attached hydrogen (secondary N) is 2. The predicted octanol–water partition coefficient (Wildman–Crippen LogP) is 1.44. The van der Waals surface area contributed by atoms with Crippen molar-refractivity contribution in [1.29, 1.82) is 0 Å². The first kappa shape index (κ1) is 12.9. The van der Waals surface area contributed by atoms with E-state index in [0.29, 0.717) is 24.6 Å². The van der Waals surface area contributed by atoms with Gasteiger partial charge in [-0.3, -0.25) is 4.79 Å². The van der Waals surface area contributed by atoms with E-state index in [4.69, 9.17) is 0 Å². The molecule has 6 heteroatoms.